The molecular formula is C12H18ClN3O. The van der Waals surface area contributed by atoms with Gasteiger partial charge in [0, 0.05) is 12.6 Å². The Morgan fingerprint density at radius 2 is 2.18 bits per heavy atom. The van der Waals surface area contributed by atoms with E-state index in [0.29, 0.717) is 16.8 Å². The van der Waals surface area contributed by atoms with Gasteiger partial charge in [-0.1, -0.05) is 11.6 Å². The summed E-state index contributed by atoms with van der Waals surface area (Å²) in [5.41, 5.74) is 0.628. The smallest absolute Gasteiger partial charge is 0.140 e. The van der Waals surface area contributed by atoms with E-state index < -0.39 is 0 Å². The highest BCUT2D eigenvalue weighted by Gasteiger charge is 2.27. The van der Waals surface area contributed by atoms with Crippen molar-refractivity contribution in [1.82, 2.24) is 9.97 Å². The third-order valence-electron chi connectivity index (χ3n) is 3.08. The number of rotatable bonds is 5. The van der Waals surface area contributed by atoms with Crippen LogP contribution in [0.2, 0.25) is 5.15 Å². The lowest BCUT2D eigenvalue weighted by atomic mass is 10.2. The Morgan fingerprint density at radius 1 is 1.47 bits per heavy atom. The molecule has 1 fully saturated rings. The van der Waals surface area contributed by atoms with Gasteiger partial charge < -0.3 is 10.0 Å². The highest BCUT2D eigenvalue weighted by molar-refractivity contribution is 6.30. The molecule has 0 spiro atoms. The molecule has 0 atom stereocenters. The van der Waals surface area contributed by atoms with Crippen LogP contribution in [0.3, 0.4) is 0 Å². The maximum absolute atomic E-state index is 9.39. The van der Waals surface area contributed by atoms with Gasteiger partial charge in [-0.25, -0.2) is 9.97 Å². The molecule has 1 heterocycles. The number of nitrogens with zero attached hydrogens (tertiary/aromatic N) is 3. The summed E-state index contributed by atoms with van der Waals surface area (Å²) >= 11 is 5.99. The lowest BCUT2D eigenvalue weighted by molar-refractivity contribution is 0.281. The van der Waals surface area contributed by atoms with Crippen molar-refractivity contribution in [2.45, 2.75) is 39.3 Å². The predicted octanol–water partition coefficient (Wildman–Crippen LogP) is 2.25. The molecule has 94 valence electrons. The number of aliphatic hydroxyl groups excluding tert-OH is 1. The average Bonchev–Trinajstić information content (AvgIpc) is 3.09. The van der Waals surface area contributed by atoms with E-state index in [4.69, 9.17) is 11.6 Å². The molecule has 5 heteroatoms. The minimum Gasteiger partial charge on any atom is -0.391 e. The minimum absolute atomic E-state index is 0.122. The lowest BCUT2D eigenvalue weighted by Gasteiger charge is -2.29. The summed E-state index contributed by atoms with van der Waals surface area (Å²) in [6.45, 7) is 5.11. The molecule has 0 aromatic carbocycles. The number of aliphatic hydroxyl groups is 1. The number of anilines is 1. The number of aromatic nitrogens is 2. The van der Waals surface area contributed by atoms with Crippen molar-refractivity contribution in [3.8, 4) is 0 Å². The largest absolute Gasteiger partial charge is 0.391 e. The Bertz CT molecular complexity index is 393. The second-order valence-corrected chi connectivity index (χ2v) is 5.17. The minimum atomic E-state index is -0.122. The first-order valence-electron chi connectivity index (χ1n) is 6.00. The summed E-state index contributed by atoms with van der Waals surface area (Å²) in [5, 5.41) is 9.73. The Labute approximate surface area is 107 Å². The Morgan fingerprint density at radius 3 is 2.71 bits per heavy atom. The number of halogens is 1. The van der Waals surface area contributed by atoms with E-state index in [1.165, 1.54) is 19.2 Å². The van der Waals surface area contributed by atoms with Crippen molar-refractivity contribution in [1.29, 1.82) is 0 Å². The normalized spacial score (nSPS) is 15.4. The molecule has 1 aliphatic rings. The van der Waals surface area contributed by atoms with Crippen LogP contribution in [-0.4, -0.2) is 27.7 Å². The van der Waals surface area contributed by atoms with Gasteiger partial charge in [-0.2, -0.15) is 0 Å². The molecule has 2 rings (SSSR count). The van der Waals surface area contributed by atoms with Gasteiger partial charge in [-0.05, 0) is 32.6 Å². The van der Waals surface area contributed by atoms with E-state index in [9.17, 15) is 5.11 Å². The Kier molecular flexibility index (Phi) is 3.84. The van der Waals surface area contributed by atoms with E-state index in [1.54, 1.807) is 0 Å². The van der Waals surface area contributed by atoms with E-state index in [2.05, 4.69) is 28.7 Å². The van der Waals surface area contributed by atoms with Gasteiger partial charge >= 0.3 is 0 Å². The first-order valence-corrected chi connectivity index (χ1v) is 6.38. The molecule has 0 radical (unpaired) electrons. The fourth-order valence-corrected chi connectivity index (χ4v) is 2.07. The highest BCUT2D eigenvalue weighted by atomic mass is 35.5. The zero-order valence-electron chi connectivity index (χ0n) is 10.2. The number of hydrogen-bond acceptors (Lipinski definition) is 4. The molecule has 1 N–H and O–H groups in total. The monoisotopic (exact) mass is 255 g/mol. The maximum Gasteiger partial charge on any atom is 0.140 e. The average molecular weight is 256 g/mol. The standard InChI is InChI=1S/C12H18ClN3O/c1-8(2)16(5-9-3-4-9)12-10(6-17)11(13)14-7-15-12/h7-9,17H,3-6H2,1-2H3. The molecule has 1 aromatic rings. The molecule has 0 saturated heterocycles. The zero-order valence-corrected chi connectivity index (χ0v) is 11.0. The van der Waals surface area contributed by atoms with Gasteiger partial charge in [0.15, 0.2) is 0 Å². The van der Waals surface area contributed by atoms with Gasteiger partial charge in [0.2, 0.25) is 0 Å². The third kappa shape index (κ3) is 2.87. The first-order chi connectivity index (χ1) is 8.13. The molecule has 1 saturated carbocycles. The molecule has 1 aromatic heterocycles. The molecule has 17 heavy (non-hydrogen) atoms. The van der Waals surface area contributed by atoms with Gasteiger partial charge in [0.05, 0.1) is 12.2 Å². The maximum atomic E-state index is 9.39. The van der Waals surface area contributed by atoms with Gasteiger partial charge in [0.1, 0.15) is 17.3 Å². The van der Waals surface area contributed by atoms with Gasteiger partial charge in [-0.15, -0.1) is 0 Å². The van der Waals surface area contributed by atoms with Crippen LogP contribution in [-0.2, 0) is 6.61 Å². The quantitative estimate of drug-likeness (QED) is 0.820. The zero-order chi connectivity index (χ0) is 12.4. The van der Waals surface area contributed by atoms with Crippen molar-refractivity contribution in [2.75, 3.05) is 11.4 Å². The fraction of sp³-hybridized carbons (Fsp3) is 0.667. The van der Waals surface area contributed by atoms with Crippen LogP contribution in [0.4, 0.5) is 5.82 Å². The van der Waals surface area contributed by atoms with Crippen LogP contribution in [0.25, 0.3) is 0 Å². The molecule has 1 aliphatic carbocycles. The predicted molar refractivity (Wildman–Crippen MR) is 68.2 cm³/mol. The molecule has 0 bridgehead atoms. The summed E-state index contributed by atoms with van der Waals surface area (Å²) in [5.74, 6) is 1.53. The second kappa shape index (κ2) is 5.19. The summed E-state index contributed by atoms with van der Waals surface area (Å²) in [6.07, 6.45) is 4.03. The van der Waals surface area contributed by atoms with Crippen LogP contribution in [0.15, 0.2) is 6.33 Å². The summed E-state index contributed by atoms with van der Waals surface area (Å²) < 4.78 is 0. The molecule has 0 aliphatic heterocycles. The van der Waals surface area contributed by atoms with Crippen LogP contribution in [0.5, 0.6) is 0 Å². The number of hydrogen-bond donors (Lipinski definition) is 1. The lowest BCUT2D eigenvalue weighted by Crippen LogP contribution is -2.34. The molecule has 0 unspecified atom stereocenters. The van der Waals surface area contributed by atoms with Crippen LogP contribution < -0.4 is 4.90 Å². The Balaban J connectivity index is 2.30. The molecule has 0 amide bonds. The highest BCUT2D eigenvalue weighted by Crippen LogP contribution is 2.33. The van der Waals surface area contributed by atoms with Crippen molar-refractivity contribution in [3.63, 3.8) is 0 Å². The summed E-state index contributed by atoms with van der Waals surface area (Å²) in [7, 11) is 0. The summed E-state index contributed by atoms with van der Waals surface area (Å²) in [4.78, 5) is 10.4. The Hall–Kier alpha value is -0.870. The second-order valence-electron chi connectivity index (χ2n) is 4.81. The van der Waals surface area contributed by atoms with Crippen molar-refractivity contribution < 1.29 is 5.11 Å². The van der Waals surface area contributed by atoms with Crippen molar-refractivity contribution >= 4 is 17.4 Å². The van der Waals surface area contributed by atoms with E-state index >= 15 is 0 Å². The topological polar surface area (TPSA) is 49.2 Å². The van der Waals surface area contributed by atoms with Crippen molar-refractivity contribution in [3.05, 3.63) is 17.0 Å². The fourth-order valence-electron chi connectivity index (χ4n) is 1.89. The summed E-state index contributed by atoms with van der Waals surface area (Å²) in [6, 6.07) is 0.340. The van der Waals surface area contributed by atoms with E-state index in [-0.39, 0.29) is 6.61 Å². The van der Waals surface area contributed by atoms with E-state index in [0.717, 1.165) is 18.3 Å². The first kappa shape index (κ1) is 12.6. The van der Waals surface area contributed by atoms with Gasteiger partial charge in [0.25, 0.3) is 0 Å². The van der Waals surface area contributed by atoms with E-state index in [1.807, 2.05) is 0 Å². The molecular weight excluding hydrogens is 238 g/mol. The third-order valence-corrected chi connectivity index (χ3v) is 3.40. The molecule has 4 nitrogen and oxygen atoms in total. The van der Waals surface area contributed by atoms with Gasteiger partial charge in [-0.3, -0.25) is 0 Å². The SMILES string of the molecule is CC(C)N(CC1CC1)c1ncnc(Cl)c1CO. The van der Waals surface area contributed by atoms with Crippen LogP contribution in [0, 0.1) is 5.92 Å². The van der Waals surface area contributed by atoms with Crippen LogP contribution >= 0.6 is 11.6 Å². The van der Waals surface area contributed by atoms with Crippen LogP contribution in [0.1, 0.15) is 32.3 Å². The van der Waals surface area contributed by atoms with Crippen molar-refractivity contribution in [2.24, 2.45) is 5.92 Å².